The number of hydrogen-bond acceptors (Lipinski definition) is 7. The fraction of sp³-hybridized carbons (Fsp3) is 0.556. The number of morpholine rings is 1. The van der Waals surface area contributed by atoms with Crippen molar-refractivity contribution in [2.75, 3.05) is 13.2 Å². The number of nitrogens with zero attached hydrogens (tertiary/aromatic N) is 5. The molecule has 198 valence electrons. The molecule has 37 heavy (non-hydrogen) atoms. The van der Waals surface area contributed by atoms with Crippen LogP contribution in [-0.2, 0) is 22.5 Å². The summed E-state index contributed by atoms with van der Waals surface area (Å²) in [5.74, 6) is -0.296. The molecule has 5 rings (SSSR count). The first-order valence-corrected chi connectivity index (χ1v) is 14.2. The third kappa shape index (κ3) is 6.39. The zero-order valence-electron chi connectivity index (χ0n) is 21.3. The molecule has 1 aliphatic heterocycles. The maximum Gasteiger partial charge on any atom is 0.305 e. The quantitative estimate of drug-likeness (QED) is 0.418. The lowest BCUT2D eigenvalue weighted by atomic mass is 9.84. The van der Waals surface area contributed by atoms with Crippen molar-refractivity contribution >= 4 is 28.9 Å². The van der Waals surface area contributed by atoms with Crippen LogP contribution in [-0.4, -0.2) is 61.2 Å². The van der Waals surface area contributed by atoms with Gasteiger partial charge in [-0.25, -0.2) is 4.98 Å². The van der Waals surface area contributed by atoms with Crippen LogP contribution in [0, 0.1) is 13.8 Å². The number of carboxylic acids is 1. The van der Waals surface area contributed by atoms with Crippen LogP contribution in [0.15, 0.2) is 30.5 Å². The average Bonchev–Trinajstić information content (AvgIpc) is 3.51. The molecule has 2 aliphatic rings. The second-order valence-electron chi connectivity index (χ2n) is 10.3. The predicted octanol–water partition coefficient (Wildman–Crippen LogP) is 5.19. The fourth-order valence-electron chi connectivity index (χ4n) is 5.52. The Labute approximate surface area is 226 Å². The molecule has 1 aromatic carbocycles. The summed E-state index contributed by atoms with van der Waals surface area (Å²) in [6.45, 7) is 5.93. The maximum atomic E-state index is 10.9. The minimum atomic E-state index is -0.846. The van der Waals surface area contributed by atoms with Crippen LogP contribution < -0.4 is 0 Å². The molecule has 8 nitrogen and oxygen atoms in total. The summed E-state index contributed by atoms with van der Waals surface area (Å²) in [7, 11) is 0. The first-order chi connectivity index (χ1) is 17.9. The van der Waals surface area contributed by atoms with Crippen molar-refractivity contribution < 1.29 is 14.6 Å². The molecule has 0 spiro atoms. The molecule has 3 heterocycles. The molecule has 2 atom stereocenters. The van der Waals surface area contributed by atoms with Crippen molar-refractivity contribution in [1.82, 2.24) is 24.9 Å². The molecule has 1 saturated carbocycles. The van der Waals surface area contributed by atoms with E-state index in [1.807, 2.05) is 29.7 Å². The second kappa shape index (κ2) is 11.6. The Morgan fingerprint density at radius 1 is 1.19 bits per heavy atom. The highest BCUT2D eigenvalue weighted by Crippen LogP contribution is 2.39. The fourth-order valence-corrected chi connectivity index (χ4v) is 6.74. The number of aliphatic carboxylic acids is 1. The van der Waals surface area contributed by atoms with E-state index in [0.717, 1.165) is 55.1 Å². The third-order valence-electron chi connectivity index (χ3n) is 7.72. The van der Waals surface area contributed by atoms with Gasteiger partial charge in [0.25, 0.3) is 0 Å². The minimum Gasteiger partial charge on any atom is -0.481 e. The number of rotatable bonds is 8. The number of aryl methyl sites for hydroxylation is 3. The summed E-state index contributed by atoms with van der Waals surface area (Å²) >= 11 is 7.98. The van der Waals surface area contributed by atoms with Gasteiger partial charge in [0.15, 0.2) is 0 Å². The van der Waals surface area contributed by atoms with Gasteiger partial charge in [0, 0.05) is 34.4 Å². The monoisotopic (exact) mass is 543 g/mol. The van der Waals surface area contributed by atoms with E-state index in [1.54, 1.807) is 4.68 Å². The smallest absolute Gasteiger partial charge is 0.305 e. The zero-order chi connectivity index (χ0) is 25.9. The van der Waals surface area contributed by atoms with Gasteiger partial charge in [-0.2, -0.15) is 0 Å². The molecule has 10 heteroatoms. The predicted molar refractivity (Wildman–Crippen MR) is 143 cm³/mol. The molecule has 3 aromatic rings. The molecule has 0 radical (unpaired) electrons. The number of thiazole rings is 1. The summed E-state index contributed by atoms with van der Waals surface area (Å²) in [4.78, 5) is 19.7. The van der Waals surface area contributed by atoms with E-state index in [1.165, 1.54) is 15.4 Å². The van der Waals surface area contributed by atoms with Crippen LogP contribution in [0.4, 0.5) is 0 Å². The van der Waals surface area contributed by atoms with E-state index in [4.69, 9.17) is 26.4 Å². The number of benzene rings is 1. The van der Waals surface area contributed by atoms with Gasteiger partial charge in [-0.05, 0) is 63.6 Å². The molecule has 1 N–H and O–H groups in total. The van der Waals surface area contributed by atoms with Gasteiger partial charge >= 0.3 is 5.97 Å². The molecule has 0 bridgehead atoms. The number of halogens is 1. The second-order valence-corrected chi connectivity index (χ2v) is 11.9. The molecule has 1 aliphatic carbocycles. The Kier molecular flexibility index (Phi) is 8.24. The summed E-state index contributed by atoms with van der Waals surface area (Å²) < 4.78 is 7.93. The normalized spacial score (nSPS) is 24.8. The molecule has 0 unspecified atom stereocenters. The Morgan fingerprint density at radius 2 is 1.95 bits per heavy atom. The first kappa shape index (κ1) is 26.3. The molecular weight excluding hydrogens is 510 g/mol. The summed E-state index contributed by atoms with van der Waals surface area (Å²) in [6.07, 6.45) is 7.15. The van der Waals surface area contributed by atoms with Gasteiger partial charge < -0.3 is 9.84 Å². The van der Waals surface area contributed by atoms with Crippen LogP contribution in [0.5, 0.6) is 0 Å². The first-order valence-electron chi connectivity index (χ1n) is 13.0. The number of hydrogen-bond donors (Lipinski definition) is 1. The van der Waals surface area contributed by atoms with Gasteiger partial charge in [-0.3, -0.25) is 14.4 Å². The lowest BCUT2D eigenvalue weighted by molar-refractivity contribution is -0.137. The van der Waals surface area contributed by atoms with Gasteiger partial charge in [0.05, 0.1) is 36.5 Å². The standard InChI is InChI=1S/C27H34ClN5O3S/c1-17-18(2)37-27(29-17)20-5-9-22(10-6-20)33-15-25(24-14-32(31-30-24)12-11-26(34)35)36-16-23(33)13-19-3-7-21(28)8-4-19/h3-4,7-8,14,20,22-23,25H,5-6,9-13,15-16H2,1-2H3,(H,34,35)/t20?,22?,23-,25+/m0/s1. The Morgan fingerprint density at radius 3 is 2.62 bits per heavy atom. The van der Waals surface area contributed by atoms with Gasteiger partial charge in [-0.15, -0.1) is 16.4 Å². The summed E-state index contributed by atoms with van der Waals surface area (Å²) in [5, 5.41) is 19.5. The van der Waals surface area contributed by atoms with E-state index >= 15 is 0 Å². The summed E-state index contributed by atoms with van der Waals surface area (Å²) in [5.41, 5.74) is 3.18. The van der Waals surface area contributed by atoms with Crippen molar-refractivity contribution in [1.29, 1.82) is 0 Å². The van der Waals surface area contributed by atoms with E-state index in [-0.39, 0.29) is 18.6 Å². The Balaban J connectivity index is 1.29. The lowest BCUT2D eigenvalue weighted by Gasteiger charge is -2.46. The van der Waals surface area contributed by atoms with Crippen LogP contribution in [0.25, 0.3) is 0 Å². The third-order valence-corrected chi connectivity index (χ3v) is 9.21. The lowest BCUT2D eigenvalue weighted by Crippen LogP contribution is -2.53. The highest BCUT2D eigenvalue weighted by atomic mass is 35.5. The van der Waals surface area contributed by atoms with Crippen molar-refractivity contribution in [2.45, 2.75) is 83.0 Å². The van der Waals surface area contributed by atoms with Crippen LogP contribution in [0.3, 0.4) is 0 Å². The number of ether oxygens (including phenoxy) is 1. The number of carbonyl (C=O) groups is 1. The van der Waals surface area contributed by atoms with E-state index in [0.29, 0.717) is 25.1 Å². The topological polar surface area (TPSA) is 93.4 Å². The van der Waals surface area contributed by atoms with Gasteiger partial charge in [0.2, 0.25) is 0 Å². The SMILES string of the molecule is Cc1nc(C2CCC(N3C[C@H](c4cn(CCC(=O)O)nn4)OC[C@@H]3Cc3ccc(Cl)cc3)CC2)sc1C. The van der Waals surface area contributed by atoms with Crippen LogP contribution >= 0.6 is 22.9 Å². The van der Waals surface area contributed by atoms with Crippen molar-refractivity contribution in [2.24, 2.45) is 0 Å². The summed E-state index contributed by atoms with van der Waals surface area (Å²) in [6, 6.07) is 8.85. The molecule has 1 saturated heterocycles. The number of aromatic nitrogens is 4. The van der Waals surface area contributed by atoms with Crippen LogP contribution in [0.2, 0.25) is 5.02 Å². The van der Waals surface area contributed by atoms with E-state index in [9.17, 15) is 4.79 Å². The molecular formula is C27H34ClN5O3S. The maximum absolute atomic E-state index is 10.9. The minimum absolute atomic E-state index is 0.0189. The molecule has 2 fully saturated rings. The average molecular weight is 544 g/mol. The van der Waals surface area contributed by atoms with E-state index < -0.39 is 5.97 Å². The zero-order valence-corrected chi connectivity index (χ0v) is 22.9. The van der Waals surface area contributed by atoms with Crippen molar-refractivity contribution in [3.05, 3.63) is 62.3 Å². The molecule has 2 aromatic heterocycles. The van der Waals surface area contributed by atoms with Gasteiger partial charge in [-0.1, -0.05) is 28.9 Å². The Bertz CT molecular complexity index is 1190. The highest BCUT2D eigenvalue weighted by molar-refractivity contribution is 7.11. The van der Waals surface area contributed by atoms with E-state index in [2.05, 4.69) is 41.2 Å². The van der Waals surface area contributed by atoms with Crippen molar-refractivity contribution in [3.63, 3.8) is 0 Å². The molecule has 0 amide bonds. The highest BCUT2D eigenvalue weighted by Gasteiger charge is 2.37. The number of carboxylic acid groups (broad SMARTS) is 1. The van der Waals surface area contributed by atoms with Crippen molar-refractivity contribution in [3.8, 4) is 0 Å². The Hall–Kier alpha value is -2.33. The van der Waals surface area contributed by atoms with Gasteiger partial charge in [0.1, 0.15) is 11.8 Å². The van der Waals surface area contributed by atoms with Crippen LogP contribution in [0.1, 0.15) is 71.0 Å². The largest absolute Gasteiger partial charge is 0.481 e.